The fraction of sp³-hybridized carbons (Fsp3) is 0.647. The summed E-state index contributed by atoms with van der Waals surface area (Å²) < 4.78 is 0. The lowest BCUT2D eigenvalue weighted by molar-refractivity contribution is 0.184. The summed E-state index contributed by atoms with van der Waals surface area (Å²) in [6, 6.07) is 9.29. The molecule has 3 heteroatoms. The molecule has 1 fully saturated rings. The Balaban J connectivity index is 1.89. The minimum atomic E-state index is 0.342. The van der Waals surface area contributed by atoms with E-state index in [1.165, 1.54) is 37.7 Å². The summed E-state index contributed by atoms with van der Waals surface area (Å²) in [4.78, 5) is 2.54. The maximum atomic E-state index is 6.31. The van der Waals surface area contributed by atoms with Gasteiger partial charge in [0.05, 0.1) is 0 Å². The predicted octanol–water partition coefficient (Wildman–Crippen LogP) is 4.26. The molecule has 1 aliphatic carbocycles. The third-order valence-corrected chi connectivity index (χ3v) is 4.94. The molecule has 1 saturated carbocycles. The molecule has 112 valence electrons. The normalized spacial score (nSPS) is 18.4. The van der Waals surface area contributed by atoms with Gasteiger partial charge in [-0.25, -0.2) is 0 Å². The number of benzene rings is 1. The largest absolute Gasteiger partial charge is 0.313 e. The molecule has 0 bridgehead atoms. The summed E-state index contributed by atoms with van der Waals surface area (Å²) >= 11 is 6.31. The molecule has 0 amide bonds. The highest BCUT2D eigenvalue weighted by atomic mass is 35.5. The highest BCUT2D eigenvalue weighted by Crippen LogP contribution is 2.26. The Morgan fingerprint density at radius 3 is 2.60 bits per heavy atom. The van der Waals surface area contributed by atoms with E-state index in [-0.39, 0.29) is 0 Å². The zero-order chi connectivity index (χ0) is 14.4. The van der Waals surface area contributed by atoms with Crippen molar-refractivity contribution in [2.45, 2.75) is 50.6 Å². The van der Waals surface area contributed by atoms with E-state index in [0.29, 0.717) is 6.04 Å². The molecule has 2 nitrogen and oxygen atoms in total. The third-order valence-electron chi connectivity index (χ3n) is 4.60. The molecule has 0 spiro atoms. The van der Waals surface area contributed by atoms with E-state index in [4.69, 9.17) is 11.6 Å². The Hall–Kier alpha value is -0.570. The minimum absolute atomic E-state index is 0.342. The van der Waals surface area contributed by atoms with E-state index in [2.05, 4.69) is 29.4 Å². The zero-order valence-corrected chi connectivity index (χ0v) is 13.5. The minimum Gasteiger partial charge on any atom is -0.313 e. The first-order valence-corrected chi connectivity index (χ1v) is 8.22. The molecule has 1 atom stereocenters. The molecule has 1 aromatic carbocycles. The van der Waals surface area contributed by atoms with Crippen LogP contribution < -0.4 is 5.32 Å². The Morgan fingerprint density at radius 1 is 1.25 bits per heavy atom. The van der Waals surface area contributed by atoms with Gasteiger partial charge in [-0.1, -0.05) is 49.1 Å². The highest BCUT2D eigenvalue weighted by Gasteiger charge is 2.19. The topological polar surface area (TPSA) is 15.3 Å². The van der Waals surface area contributed by atoms with Crippen molar-refractivity contribution in [1.29, 1.82) is 0 Å². The van der Waals surface area contributed by atoms with Crippen LogP contribution >= 0.6 is 11.6 Å². The van der Waals surface area contributed by atoms with Crippen molar-refractivity contribution >= 4 is 11.6 Å². The predicted molar refractivity (Wildman–Crippen MR) is 87.4 cm³/mol. The quantitative estimate of drug-likeness (QED) is 0.843. The molecule has 0 radical (unpaired) electrons. The lowest BCUT2D eigenvalue weighted by atomic mass is 9.94. The van der Waals surface area contributed by atoms with E-state index in [1.807, 2.05) is 19.2 Å². The molecule has 1 N–H and O–H groups in total. The molecular formula is C17H27ClN2. The van der Waals surface area contributed by atoms with Gasteiger partial charge < -0.3 is 10.2 Å². The van der Waals surface area contributed by atoms with Crippen LogP contribution in [0.5, 0.6) is 0 Å². The van der Waals surface area contributed by atoms with Crippen LogP contribution in [0.4, 0.5) is 0 Å². The molecule has 1 aliphatic rings. The fourth-order valence-electron chi connectivity index (χ4n) is 3.25. The van der Waals surface area contributed by atoms with Gasteiger partial charge in [0.25, 0.3) is 0 Å². The maximum Gasteiger partial charge on any atom is 0.0453 e. The molecular weight excluding hydrogens is 268 g/mol. The van der Waals surface area contributed by atoms with E-state index in [9.17, 15) is 0 Å². The Bertz CT molecular complexity index is 402. The van der Waals surface area contributed by atoms with Crippen molar-refractivity contribution in [2.24, 2.45) is 0 Å². The molecule has 1 aromatic rings. The van der Waals surface area contributed by atoms with Crippen molar-refractivity contribution in [3.63, 3.8) is 0 Å². The zero-order valence-electron chi connectivity index (χ0n) is 12.7. The van der Waals surface area contributed by atoms with Gasteiger partial charge in [-0.15, -0.1) is 0 Å². The van der Waals surface area contributed by atoms with Gasteiger partial charge in [0.2, 0.25) is 0 Å². The number of nitrogens with one attached hydrogen (secondary N) is 1. The molecule has 1 unspecified atom stereocenters. The molecule has 2 rings (SSSR count). The lowest BCUT2D eigenvalue weighted by Crippen LogP contribution is -2.35. The van der Waals surface area contributed by atoms with Gasteiger partial charge in [-0.3, -0.25) is 0 Å². The van der Waals surface area contributed by atoms with Gasteiger partial charge in [0.15, 0.2) is 0 Å². The average Bonchev–Trinajstić information content (AvgIpc) is 2.50. The first kappa shape index (κ1) is 15.8. The van der Waals surface area contributed by atoms with Crippen LogP contribution in [0, 0.1) is 0 Å². The van der Waals surface area contributed by atoms with E-state index >= 15 is 0 Å². The van der Waals surface area contributed by atoms with Crippen LogP contribution in [-0.4, -0.2) is 31.6 Å². The summed E-state index contributed by atoms with van der Waals surface area (Å²) in [5.74, 6) is 0. The van der Waals surface area contributed by atoms with Gasteiger partial charge in [-0.2, -0.15) is 0 Å². The van der Waals surface area contributed by atoms with Crippen molar-refractivity contribution in [3.8, 4) is 0 Å². The standard InChI is InChI=1S/C17H27ClN2/c1-19-17(15-10-6-7-11-16(15)18)12-13-20(2)14-8-4-3-5-9-14/h6-7,10-11,14,17,19H,3-5,8-9,12-13H2,1-2H3. The summed E-state index contributed by atoms with van der Waals surface area (Å²) in [5, 5.41) is 4.27. The number of rotatable bonds is 6. The molecule has 0 aromatic heterocycles. The van der Waals surface area contributed by atoms with E-state index in [0.717, 1.165) is 24.0 Å². The SMILES string of the molecule is CNC(CCN(C)C1CCCCC1)c1ccccc1Cl. The van der Waals surface area contributed by atoms with E-state index < -0.39 is 0 Å². The van der Waals surface area contributed by atoms with Crippen molar-refractivity contribution in [3.05, 3.63) is 34.9 Å². The van der Waals surface area contributed by atoms with E-state index in [1.54, 1.807) is 0 Å². The first-order chi connectivity index (χ1) is 9.72. The molecule has 0 saturated heterocycles. The number of hydrogen-bond acceptors (Lipinski definition) is 2. The molecule has 20 heavy (non-hydrogen) atoms. The lowest BCUT2D eigenvalue weighted by Gasteiger charge is -2.32. The second-order valence-electron chi connectivity index (χ2n) is 5.92. The Morgan fingerprint density at radius 2 is 1.95 bits per heavy atom. The summed E-state index contributed by atoms with van der Waals surface area (Å²) in [7, 11) is 4.30. The van der Waals surface area contributed by atoms with Crippen molar-refractivity contribution < 1.29 is 0 Å². The Labute approximate surface area is 128 Å². The summed E-state index contributed by atoms with van der Waals surface area (Å²) in [6.07, 6.45) is 8.06. The second-order valence-corrected chi connectivity index (χ2v) is 6.33. The van der Waals surface area contributed by atoms with Crippen LogP contribution in [0.1, 0.15) is 50.1 Å². The first-order valence-electron chi connectivity index (χ1n) is 7.84. The number of hydrogen-bond donors (Lipinski definition) is 1. The monoisotopic (exact) mass is 294 g/mol. The Kier molecular flexibility index (Phi) is 6.34. The summed E-state index contributed by atoms with van der Waals surface area (Å²) in [6.45, 7) is 1.13. The van der Waals surface area contributed by atoms with Crippen LogP contribution in [0.2, 0.25) is 5.02 Å². The van der Waals surface area contributed by atoms with Gasteiger partial charge in [0.1, 0.15) is 0 Å². The maximum absolute atomic E-state index is 6.31. The fourth-order valence-corrected chi connectivity index (χ4v) is 3.52. The average molecular weight is 295 g/mol. The van der Waals surface area contributed by atoms with Gasteiger partial charge >= 0.3 is 0 Å². The second kappa shape index (κ2) is 8.02. The third kappa shape index (κ3) is 4.21. The number of halogens is 1. The van der Waals surface area contributed by atoms with Gasteiger partial charge in [0, 0.05) is 17.1 Å². The van der Waals surface area contributed by atoms with Gasteiger partial charge in [-0.05, 0) is 51.5 Å². The molecule has 0 aliphatic heterocycles. The van der Waals surface area contributed by atoms with Crippen LogP contribution in [0.15, 0.2) is 24.3 Å². The summed E-state index contributed by atoms with van der Waals surface area (Å²) in [5.41, 5.74) is 1.22. The van der Waals surface area contributed by atoms with Crippen LogP contribution in [0.25, 0.3) is 0 Å². The number of nitrogens with zero attached hydrogens (tertiary/aromatic N) is 1. The smallest absolute Gasteiger partial charge is 0.0453 e. The van der Waals surface area contributed by atoms with Crippen LogP contribution in [0.3, 0.4) is 0 Å². The highest BCUT2D eigenvalue weighted by molar-refractivity contribution is 6.31. The molecule has 0 heterocycles. The van der Waals surface area contributed by atoms with Crippen LogP contribution in [-0.2, 0) is 0 Å². The van der Waals surface area contributed by atoms with Crippen molar-refractivity contribution in [1.82, 2.24) is 10.2 Å². The van der Waals surface area contributed by atoms with Crippen molar-refractivity contribution in [2.75, 3.05) is 20.6 Å².